The predicted octanol–water partition coefficient (Wildman–Crippen LogP) is 5.27. The molecule has 3 nitrogen and oxygen atoms in total. The third kappa shape index (κ3) is 3.98. The van der Waals surface area contributed by atoms with Gasteiger partial charge in [0.05, 0.1) is 10.6 Å². The maximum atomic E-state index is 12.9. The minimum absolute atomic E-state index is 0.101. The Hall–Kier alpha value is -2.16. The first-order valence-electron chi connectivity index (χ1n) is 5.79. The lowest BCUT2D eigenvalue weighted by atomic mass is 10.2. The highest BCUT2D eigenvalue weighted by Crippen LogP contribution is 2.41. The van der Waals surface area contributed by atoms with Crippen LogP contribution in [-0.2, 0) is 12.4 Å². The first kappa shape index (κ1) is 17.2. The average molecular weight is 358 g/mol. The number of phenols is 1. The van der Waals surface area contributed by atoms with Crippen molar-refractivity contribution in [2.24, 2.45) is 0 Å². The molecule has 1 heterocycles. The van der Waals surface area contributed by atoms with Gasteiger partial charge in [0.25, 0.3) is 0 Å². The van der Waals surface area contributed by atoms with E-state index in [0.29, 0.717) is 0 Å². The first-order chi connectivity index (χ1) is 10.5. The summed E-state index contributed by atoms with van der Waals surface area (Å²) in [6.45, 7) is 0. The van der Waals surface area contributed by atoms with E-state index in [1.807, 2.05) is 0 Å². The summed E-state index contributed by atoms with van der Waals surface area (Å²) >= 11 is 5.68. The van der Waals surface area contributed by atoms with Crippen molar-refractivity contribution >= 4 is 11.6 Å². The fraction of sp³-hybridized carbons (Fsp3) is 0.154. The Morgan fingerprint density at radius 1 is 1.00 bits per heavy atom. The maximum absolute atomic E-state index is 12.9. The van der Waals surface area contributed by atoms with Crippen LogP contribution in [0.4, 0.5) is 26.3 Å². The van der Waals surface area contributed by atoms with Crippen LogP contribution in [0.5, 0.6) is 17.4 Å². The summed E-state index contributed by atoms with van der Waals surface area (Å²) in [5.41, 5.74) is -3.26. The number of rotatable bonds is 2. The van der Waals surface area contributed by atoms with E-state index in [1.165, 1.54) is 0 Å². The molecule has 2 rings (SSSR count). The summed E-state index contributed by atoms with van der Waals surface area (Å²) in [7, 11) is 0. The molecule has 0 atom stereocenters. The summed E-state index contributed by atoms with van der Waals surface area (Å²) in [5.74, 6) is -1.65. The van der Waals surface area contributed by atoms with Crippen LogP contribution in [0.25, 0.3) is 0 Å². The van der Waals surface area contributed by atoms with Crippen molar-refractivity contribution in [3.05, 3.63) is 46.6 Å². The molecule has 10 heteroatoms. The summed E-state index contributed by atoms with van der Waals surface area (Å²) < 4.78 is 81.2. The molecule has 2 aromatic rings. The zero-order chi connectivity index (χ0) is 17.4. The van der Waals surface area contributed by atoms with Crippen molar-refractivity contribution in [3.8, 4) is 17.4 Å². The average Bonchev–Trinajstić information content (AvgIpc) is 2.40. The number of hydrogen-bond acceptors (Lipinski definition) is 3. The van der Waals surface area contributed by atoms with Crippen LogP contribution in [0.15, 0.2) is 30.5 Å². The molecule has 1 aromatic heterocycles. The van der Waals surface area contributed by atoms with Gasteiger partial charge in [-0.25, -0.2) is 4.98 Å². The summed E-state index contributed by atoms with van der Waals surface area (Å²) in [6, 6.07) is 3.03. The van der Waals surface area contributed by atoms with Crippen LogP contribution in [0, 0.1) is 0 Å². The minimum atomic E-state index is -5.12. The van der Waals surface area contributed by atoms with Gasteiger partial charge in [0.15, 0.2) is 0 Å². The van der Waals surface area contributed by atoms with E-state index in [0.717, 1.165) is 18.2 Å². The van der Waals surface area contributed by atoms with Crippen LogP contribution in [0.1, 0.15) is 11.1 Å². The molecule has 23 heavy (non-hydrogen) atoms. The molecule has 1 N–H and O–H groups in total. The Balaban J connectivity index is 2.49. The zero-order valence-electron chi connectivity index (χ0n) is 10.8. The first-order valence-corrected chi connectivity index (χ1v) is 6.17. The molecule has 0 aliphatic heterocycles. The van der Waals surface area contributed by atoms with E-state index < -0.39 is 29.4 Å². The highest BCUT2D eigenvalue weighted by atomic mass is 35.5. The fourth-order valence-corrected chi connectivity index (χ4v) is 1.78. The monoisotopic (exact) mass is 357 g/mol. The molecule has 0 unspecified atom stereocenters. The largest absolute Gasteiger partial charge is 0.508 e. The molecule has 0 radical (unpaired) electrons. The molecule has 1 aromatic carbocycles. The number of hydrogen-bond donors (Lipinski definition) is 1. The molecule has 0 bridgehead atoms. The van der Waals surface area contributed by atoms with Crippen molar-refractivity contribution in [2.45, 2.75) is 12.4 Å². The van der Waals surface area contributed by atoms with Gasteiger partial charge in [0.1, 0.15) is 17.1 Å². The molecule has 0 amide bonds. The Kier molecular flexibility index (Phi) is 4.34. The van der Waals surface area contributed by atoms with Gasteiger partial charge < -0.3 is 9.84 Å². The number of benzene rings is 1. The van der Waals surface area contributed by atoms with E-state index in [9.17, 15) is 26.3 Å². The van der Waals surface area contributed by atoms with Crippen molar-refractivity contribution in [3.63, 3.8) is 0 Å². The molecule has 0 aliphatic rings. The van der Waals surface area contributed by atoms with Gasteiger partial charge in [-0.2, -0.15) is 26.3 Å². The van der Waals surface area contributed by atoms with E-state index in [2.05, 4.69) is 4.98 Å². The predicted molar refractivity (Wildman–Crippen MR) is 67.4 cm³/mol. The zero-order valence-corrected chi connectivity index (χ0v) is 11.6. The standard InChI is InChI=1S/C13H6ClF6NO2/c14-9-4-7(22)1-2-10(9)23-11-8(13(18,19)20)3-6(5-21-11)12(15,16)17/h1-5,22H. The molecule has 0 aliphatic carbocycles. The second-order valence-corrected chi connectivity index (χ2v) is 4.70. The molecule has 0 saturated carbocycles. The molecular formula is C13H6ClF6NO2. The Labute approximate surface area is 130 Å². The number of pyridine rings is 1. The lowest BCUT2D eigenvalue weighted by molar-refractivity contribution is -0.144. The fourth-order valence-electron chi connectivity index (χ4n) is 1.57. The van der Waals surface area contributed by atoms with Crippen molar-refractivity contribution in [1.82, 2.24) is 4.98 Å². The molecule has 124 valence electrons. The van der Waals surface area contributed by atoms with E-state index in [4.69, 9.17) is 21.4 Å². The third-order valence-electron chi connectivity index (χ3n) is 2.61. The number of phenolic OH excluding ortho intramolecular Hbond substituents is 1. The number of ether oxygens (including phenoxy) is 1. The summed E-state index contributed by atoms with van der Waals surface area (Å²) in [6.07, 6.45) is -9.88. The smallest absolute Gasteiger partial charge is 0.421 e. The van der Waals surface area contributed by atoms with Crippen LogP contribution in [-0.4, -0.2) is 10.1 Å². The highest BCUT2D eigenvalue weighted by molar-refractivity contribution is 6.32. The van der Waals surface area contributed by atoms with Gasteiger partial charge in [-0.3, -0.25) is 0 Å². The Morgan fingerprint density at radius 3 is 2.17 bits per heavy atom. The minimum Gasteiger partial charge on any atom is -0.508 e. The second kappa shape index (κ2) is 5.80. The maximum Gasteiger partial charge on any atom is 0.421 e. The quantitative estimate of drug-likeness (QED) is 0.744. The van der Waals surface area contributed by atoms with Crippen LogP contribution in [0.2, 0.25) is 5.02 Å². The van der Waals surface area contributed by atoms with Crippen molar-refractivity contribution < 1.29 is 36.2 Å². The Bertz CT molecular complexity index is 729. The number of alkyl halides is 6. The lowest BCUT2D eigenvalue weighted by Crippen LogP contribution is -2.13. The highest BCUT2D eigenvalue weighted by Gasteiger charge is 2.40. The van der Waals surface area contributed by atoms with Gasteiger partial charge in [-0.1, -0.05) is 11.6 Å². The Morgan fingerprint density at radius 2 is 1.65 bits per heavy atom. The van der Waals surface area contributed by atoms with Gasteiger partial charge in [0, 0.05) is 12.3 Å². The number of halogens is 7. The summed E-state index contributed by atoms with van der Waals surface area (Å²) in [5, 5.41) is 8.92. The van der Waals surface area contributed by atoms with Gasteiger partial charge in [0.2, 0.25) is 5.88 Å². The van der Waals surface area contributed by atoms with Crippen LogP contribution >= 0.6 is 11.6 Å². The number of aromatic hydroxyl groups is 1. The molecule has 0 fully saturated rings. The topological polar surface area (TPSA) is 42.4 Å². The van der Waals surface area contributed by atoms with Crippen molar-refractivity contribution in [1.29, 1.82) is 0 Å². The van der Waals surface area contributed by atoms with Crippen molar-refractivity contribution in [2.75, 3.05) is 0 Å². The van der Waals surface area contributed by atoms with Gasteiger partial charge in [-0.05, 0) is 18.2 Å². The SMILES string of the molecule is Oc1ccc(Oc2ncc(C(F)(F)F)cc2C(F)(F)F)c(Cl)c1. The summed E-state index contributed by atoms with van der Waals surface area (Å²) in [4.78, 5) is 3.09. The van der Waals surface area contributed by atoms with E-state index >= 15 is 0 Å². The number of nitrogens with zero attached hydrogens (tertiary/aromatic N) is 1. The number of aromatic nitrogens is 1. The molecular weight excluding hydrogens is 352 g/mol. The van der Waals surface area contributed by atoms with Gasteiger partial charge in [-0.15, -0.1) is 0 Å². The van der Waals surface area contributed by atoms with Crippen LogP contribution in [0.3, 0.4) is 0 Å². The molecule has 0 saturated heterocycles. The molecule has 0 spiro atoms. The lowest BCUT2D eigenvalue weighted by Gasteiger charge is -2.15. The van der Waals surface area contributed by atoms with E-state index in [1.54, 1.807) is 0 Å². The van der Waals surface area contributed by atoms with Crippen LogP contribution < -0.4 is 4.74 Å². The van der Waals surface area contributed by atoms with Gasteiger partial charge >= 0.3 is 12.4 Å². The van der Waals surface area contributed by atoms with E-state index in [-0.39, 0.29) is 28.8 Å². The second-order valence-electron chi connectivity index (χ2n) is 4.29. The third-order valence-corrected chi connectivity index (χ3v) is 2.90. The normalized spacial score (nSPS) is 12.3.